The van der Waals surface area contributed by atoms with Gasteiger partial charge in [0.25, 0.3) is 0 Å². The predicted molar refractivity (Wildman–Crippen MR) is 262 cm³/mol. The molecule has 2 nitrogen and oxygen atoms in total. The molecular formula is C57H44N2S. The molecule has 0 amide bonds. The number of nitrogen functional groups attached to an aromatic ring is 1. The van der Waals surface area contributed by atoms with Crippen molar-refractivity contribution >= 4 is 75.3 Å². The Bertz CT molecular complexity index is 3450. The van der Waals surface area contributed by atoms with Crippen molar-refractivity contribution in [2.24, 2.45) is 0 Å². The molecule has 9 aromatic carbocycles. The van der Waals surface area contributed by atoms with E-state index in [1.54, 1.807) is 0 Å². The average molecular weight is 789 g/mol. The monoisotopic (exact) mass is 788 g/mol. The molecule has 12 rings (SSSR count). The number of hydrogen-bond acceptors (Lipinski definition) is 2. The van der Waals surface area contributed by atoms with E-state index in [2.05, 4.69) is 201 Å². The fourth-order valence-corrected chi connectivity index (χ4v) is 9.75. The highest BCUT2D eigenvalue weighted by molar-refractivity contribution is 7.25. The number of aromatic nitrogens is 1. The van der Waals surface area contributed by atoms with Crippen LogP contribution in [0.3, 0.4) is 0 Å². The van der Waals surface area contributed by atoms with Gasteiger partial charge in [-0.2, -0.15) is 0 Å². The van der Waals surface area contributed by atoms with Crippen LogP contribution in [0.2, 0.25) is 0 Å². The summed E-state index contributed by atoms with van der Waals surface area (Å²) in [6, 6.07) is 71.1. The summed E-state index contributed by atoms with van der Waals surface area (Å²) in [6.07, 6.45) is 0. The van der Waals surface area contributed by atoms with Crippen molar-refractivity contribution in [1.82, 2.24) is 4.40 Å². The van der Waals surface area contributed by atoms with Gasteiger partial charge in [0.15, 0.2) is 0 Å². The molecule has 3 aromatic heterocycles. The molecule has 0 aliphatic heterocycles. The highest BCUT2D eigenvalue weighted by atomic mass is 32.1. The summed E-state index contributed by atoms with van der Waals surface area (Å²) in [5, 5.41) is 8.14. The summed E-state index contributed by atoms with van der Waals surface area (Å²) in [5.74, 6) is 0. The molecule has 0 aliphatic rings. The van der Waals surface area contributed by atoms with Crippen molar-refractivity contribution in [3.8, 4) is 33.4 Å². The van der Waals surface area contributed by atoms with E-state index in [1.807, 2.05) is 35.6 Å². The van der Waals surface area contributed by atoms with Crippen LogP contribution in [0.1, 0.15) is 16.7 Å². The molecule has 0 atom stereocenters. The highest BCUT2D eigenvalue weighted by Crippen LogP contribution is 2.40. The summed E-state index contributed by atoms with van der Waals surface area (Å²) in [5.41, 5.74) is 22.1. The highest BCUT2D eigenvalue weighted by Gasteiger charge is 2.17. The number of benzene rings is 9. The second-order valence-electron chi connectivity index (χ2n) is 15.7. The largest absolute Gasteiger partial charge is 0.398 e. The maximum Gasteiger partial charge on any atom is 0.0620 e. The van der Waals surface area contributed by atoms with Crippen molar-refractivity contribution in [3.05, 3.63) is 217 Å². The number of anilines is 1. The first-order chi connectivity index (χ1) is 29.4. The average Bonchev–Trinajstić information content (AvgIpc) is 3.95. The first-order valence-electron chi connectivity index (χ1n) is 20.5. The van der Waals surface area contributed by atoms with Crippen LogP contribution in [-0.4, -0.2) is 4.40 Å². The van der Waals surface area contributed by atoms with Gasteiger partial charge >= 0.3 is 0 Å². The standard InChI is InChI=1S/C19H13N.C19H17N.C19H14S/c1-12-6-4-8-15-16-10-5-9-14-13-7-2-3-11-17(13)20(18(12)15)19(14)16;1-14-7-9-15(10-8-14)17-11-12-18(19(20)13-17)16-5-3-2-4-6-16;1-13-6-8-14(9-7-13)15-10-11-19-17(12-15)16-4-2-3-5-18(16)20-19/h2-11H,1H3;2-13H,20H2,1H3;2-12H,1H3. The van der Waals surface area contributed by atoms with Crippen LogP contribution < -0.4 is 5.73 Å². The van der Waals surface area contributed by atoms with Crippen LogP contribution in [0.4, 0.5) is 5.69 Å². The van der Waals surface area contributed by atoms with Gasteiger partial charge in [-0.25, -0.2) is 0 Å². The Morgan fingerprint density at radius 2 is 0.883 bits per heavy atom. The minimum absolute atomic E-state index is 0.814. The number of fused-ring (bicyclic) bond motifs is 9. The third-order valence-electron chi connectivity index (χ3n) is 11.7. The first-order valence-corrected chi connectivity index (χ1v) is 21.4. The zero-order chi connectivity index (χ0) is 40.7. The topological polar surface area (TPSA) is 30.4 Å². The minimum atomic E-state index is 0.814. The van der Waals surface area contributed by atoms with E-state index in [1.165, 1.54) is 91.6 Å². The molecule has 0 aliphatic carbocycles. The van der Waals surface area contributed by atoms with Gasteiger partial charge in [0.1, 0.15) is 0 Å². The fourth-order valence-electron chi connectivity index (χ4n) is 8.66. The molecule has 0 radical (unpaired) electrons. The Hall–Kier alpha value is -7.20. The van der Waals surface area contributed by atoms with Gasteiger partial charge < -0.3 is 10.1 Å². The van der Waals surface area contributed by atoms with E-state index in [0.29, 0.717) is 0 Å². The van der Waals surface area contributed by atoms with E-state index >= 15 is 0 Å². The third-order valence-corrected chi connectivity index (χ3v) is 12.9. The van der Waals surface area contributed by atoms with Crippen molar-refractivity contribution in [1.29, 1.82) is 0 Å². The van der Waals surface area contributed by atoms with Crippen LogP contribution in [-0.2, 0) is 0 Å². The molecule has 12 aromatic rings. The molecule has 0 fully saturated rings. The molecular weight excluding hydrogens is 745 g/mol. The van der Waals surface area contributed by atoms with Gasteiger partial charge in [0.05, 0.1) is 16.6 Å². The summed E-state index contributed by atoms with van der Waals surface area (Å²) in [7, 11) is 0. The van der Waals surface area contributed by atoms with E-state index in [0.717, 1.165) is 22.4 Å². The van der Waals surface area contributed by atoms with Crippen molar-refractivity contribution < 1.29 is 0 Å². The van der Waals surface area contributed by atoms with Crippen LogP contribution in [0.25, 0.3) is 91.6 Å². The molecule has 60 heavy (non-hydrogen) atoms. The zero-order valence-electron chi connectivity index (χ0n) is 34.0. The Kier molecular flexibility index (Phi) is 9.60. The maximum atomic E-state index is 6.22. The van der Waals surface area contributed by atoms with Gasteiger partial charge in [-0.05, 0) is 84.5 Å². The van der Waals surface area contributed by atoms with Gasteiger partial charge in [0.2, 0.25) is 0 Å². The van der Waals surface area contributed by atoms with Crippen LogP contribution >= 0.6 is 11.3 Å². The van der Waals surface area contributed by atoms with Crippen LogP contribution in [0, 0.1) is 20.8 Å². The number of para-hydroxylation sites is 3. The van der Waals surface area contributed by atoms with E-state index in [4.69, 9.17) is 5.73 Å². The number of thiophene rings is 1. The summed E-state index contributed by atoms with van der Waals surface area (Å²) < 4.78 is 5.16. The van der Waals surface area contributed by atoms with E-state index in [9.17, 15) is 0 Å². The Labute approximate surface area is 354 Å². The SMILES string of the molecule is Cc1ccc(-c2ccc(-c3ccccc3)c(N)c2)cc1.Cc1ccc(-c2ccc3sc4ccccc4c3c2)cc1.Cc1cccc2c3cccc4c5ccccc5n(c12)c43. The van der Waals surface area contributed by atoms with Crippen molar-refractivity contribution in [2.75, 3.05) is 5.73 Å². The second-order valence-corrected chi connectivity index (χ2v) is 16.8. The quantitative estimate of drug-likeness (QED) is 0.178. The Morgan fingerprint density at radius 3 is 1.58 bits per heavy atom. The second kappa shape index (κ2) is 15.5. The minimum Gasteiger partial charge on any atom is -0.398 e. The summed E-state index contributed by atoms with van der Waals surface area (Å²) in [6.45, 7) is 6.42. The number of aryl methyl sites for hydroxylation is 3. The molecule has 3 heteroatoms. The van der Waals surface area contributed by atoms with Gasteiger partial charge in [-0.1, -0.05) is 181 Å². The van der Waals surface area contributed by atoms with Crippen molar-refractivity contribution in [3.63, 3.8) is 0 Å². The van der Waals surface area contributed by atoms with Crippen LogP contribution in [0.5, 0.6) is 0 Å². The molecule has 0 bridgehead atoms. The Balaban J connectivity index is 0.000000108. The Morgan fingerprint density at radius 1 is 0.367 bits per heavy atom. The third kappa shape index (κ3) is 6.73. The molecule has 3 heterocycles. The number of rotatable bonds is 3. The van der Waals surface area contributed by atoms with E-state index in [-0.39, 0.29) is 0 Å². The first kappa shape index (κ1) is 37.1. The summed E-state index contributed by atoms with van der Waals surface area (Å²) >= 11 is 1.87. The van der Waals surface area contributed by atoms with Gasteiger partial charge in [-0.3, -0.25) is 0 Å². The fraction of sp³-hybridized carbons (Fsp3) is 0.0526. The molecule has 0 unspecified atom stereocenters. The molecule has 0 spiro atoms. The molecule has 0 saturated heterocycles. The number of nitrogens with zero attached hydrogens (tertiary/aromatic N) is 1. The normalized spacial score (nSPS) is 11.3. The smallest absolute Gasteiger partial charge is 0.0620 e. The molecule has 0 saturated carbocycles. The molecule has 288 valence electrons. The summed E-state index contributed by atoms with van der Waals surface area (Å²) in [4.78, 5) is 0. The van der Waals surface area contributed by atoms with Crippen molar-refractivity contribution in [2.45, 2.75) is 20.8 Å². The lowest BCUT2D eigenvalue weighted by molar-refractivity contribution is 1.34. The van der Waals surface area contributed by atoms with Gasteiger partial charge in [0, 0.05) is 53.0 Å². The lowest BCUT2D eigenvalue weighted by atomic mass is 9.98. The lowest BCUT2D eigenvalue weighted by Gasteiger charge is -2.09. The molecule has 2 N–H and O–H groups in total. The number of hydrogen-bond donors (Lipinski definition) is 1. The zero-order valence-corrected chi connectivity index (χ0v) is 34.8. The number of nitrogens with two attached hydrogens (primary N) is 1. The van der Waals surface area contributed by atoms with Gasteiger partial charge in [-0.15, -0.1) is 11.3 Å². The van der Waals surface area contributed by atoms with Crippen LogP contribution in [0.15, 0.2) is 200 Å². The lowest BCUT2D eigenvalue weighted by Crippen LogP contribution is -1.91. The predicted octanol–water partition coefficient (Wildman–Crippen LogP) is 16.1. The maximum absolute atomic E-state index is 6.22. The van der Waals surface area contributed by atoms with E-state index < -0.39 is 0 Å².